The summed E-state index contributed by atoms with van der Waals surface area (Å²) in [4.78, 5) is 72.3. The predicted molar refractivity (Wildman–Crippen MR) is 243 cm³/mol. The zero-order valence-corrected chi connectivity index (χ0v) is 37.7. The van der Waals surface area contributed by atoms with Gasteiger partial charge in [-0.25, -0.2) is 19.6 Å². The van der Waals surface area contributed by atoms with Crippen LogP contribution in [0.1, 0.15) is 96.9 Å². The summed E-state index contributed by atoms with van der Waals surface area (Å²) in [5, 5.41) is 16.7. The minimum Gasteiger partial charge on any atom is -0.453 e. The molecule has 4 amide bonds. The van der Waals surface area contributed by atoms with Crippen molar-refractivity contribution in [3.8, 4) is 39.7 Å². The van der Waals surface area contributed by atoms with E-state index in [1.807, 2.05) is 38.1 Å². The number of aromatic nitrogens is 4. The number of fused-ring (bicyclic) bond motifs is 1. The quantitative estimate of drug-likeness (QED) is 0.0749. The number of carbonyl (C=O) groups is 4. The number of benzene rings is 3. The molecule has 0 bridgehead atoms. The van der Waals surface area contributed by atoms with Gasteiger partial charge >= 0.3 is 12.2 Å². The normalized spacial score (nSPS) is 17.0. The fourth-order valence-corrected chi connectivity index (χ4v) is 8.98. The Balaban J connectivity index is 1.06. The number of nitrogens with zero attached hydrogens (tertiary/aromatic N) is 5. The van der Waals surface area contributed by atoms with Crippen LogP contribution >= 0.6 is 0 Å². The zero-order valence-electron chi connectivity index (χ0n) is 37.7. The van der Waals surface area contributed by atoms with Gasteiger partial charge in [0.2, 0.25) is 11.8 Å². The number of hydrogen-bond donors (Lipinski definition) is 4. The maximum Gasteiger partial charge on any atom is 0.407 e. The summed E-state index contributed by atoms with van der Waals surface area (Å²) in [6, 6.07) is 20.9. The summed E-state index contributed by atoms with van der Waals surface area (Å²) in [6.07, 6.45) is 6.29. The Morgan fingerprint density at radius 2 is 1.47 bits per heavy atom. The van der Waals surface area contributed by atoms with Crippen molar-refractivity contribution in [2.24, 2.45) is 17.3 Å². The van der Waals surface area contributed by atoms with Crippen molar-refractivity contribution in [1.82, 2.24) is 40.4 Å². The number of alkyl carbamates (subject to hydrolysis) is 2. The Bertz CT molecular complexity index is 2520. The number of H-pyrrole nitrogens is 2. The van der Waals surface area contributed by atoms with Crippen LogP contribution in [0.15, 0.2) is 73.1 Å². The minimum absolute atomic E-state index is 0.0589. The molecule has 4 N–H and O–H groups in total. The van der Waals surface area contributed by atoms with Crippen LogP contribution in [0.25, 0.3) is 44.4 Å². The molecule has 2 aliphatic rings. The molecule has 1 aliphatic carbocycles. The summed E-state index contributed by atoms with van der Waals surface area (Å²) in [7, 11) is 2.54. The lowest BCUT2D eigenvalue weighted by Crippen LogP contribution is -2.53. The lowest BCUT2D eigenvalue weighted by Gasteiger charge is -2.36. The third-order valence-corrected chi connectivity index (χ3v) is 13.1. The number of ether oxygens (including phenoxy) is 2. The first-order valence-electron chi connectivity index (χ1n) is 22.2. The molecule has 5 aromatic rings. The van der Waals surface area contributed by atoms with Crippen molar-refractivity contribution in [2.75, 3.05) is 27.3 Å². The maximum absolute atomic E-state index is 14.0. The number of carbonyl (C=O) groups excluding carboxylic acids is 4. The Morgan fingerprint density at radius 3 is 2.09 bits per heavy atom. The maximum atomic E-state index is 14.0. The number of hydrogen-bond acceptors (Lipinski definition) is 9. The highest BCUT2D eigenvalue weighted by Crippen LogP contribution is 2.58. The first-order valence-corrected chi connectivity index (χ1v) is 22.2. The number of imidazole rings is 2. The predicted octanol–water partition coefficient (Wildman–Crippen LogP) is 8.69. The van der Waals surface area contributed by atoms with E-state index >= 15 is 0 Å². The van der Waals surface area contributed by atoms with Gasteiger partial charge in [0, 0.05) is 25.1 Å². The van der Waals surface area contributed by atoms with Crippen molar-refractivity contribution < 1.29 is 28.7 Å². The number of aromatic amines is 2. The average Bonchev–Trinajstić information content (AvgIpc) is 3.63. The van der Waals surface area contributed by atoms with E-state index in [0.717, 1.165) is 70.1 Å². The van der Waals surface area contributed by atoms with E-state index in [-0.39, 0.29) is 54.0 Å². The van der Waals surface area contributed by atoms with Crippen LogP contribution in [0.2, 0.25) is 0 Å². The average molecular weight is 870 g/mol. The molecule has 1 saturated heterocycles. The van der Waals surface area contributed by atoms with Gasteiger partial charge in [-0.1, -0.05) is 82.6 Å². The molecule has 7 rings (SSSR count). The molecule has 2 fully saturated rings. The molecule has 2 aromatic heterocycles. The largest absolute Gasteiger partial charge is 0.453 e. The van der Waals surface area contributed by atoms with Gasteiger partial charge < -0.3 is 39.9 Å². The molecule has 1 aliphatic heterocycles. The standard InChI is InChI=1S/C49H59N9O6/c1-8-30(5)42(57(9-2)46(60)41(29(3)4)56-48(62)64-7)44-52-26-38(54-44)32-14-12-31(13-15-32)33-16-17-35-24-36(19-18-34(35)23-33)39-27-51-43(53-39)40-25-49(20-21-49)28-58(40)45(59)37(11-10-22-50)55-47(61)63-6/h12-19,23-24,26-27,29-30,37,40-42H,8-11,20-21,25,28H2,1-7H3,(H,51,53)(H,52,54)(H,55,61)(H,56,62)/t30-,37+,40+,41+,42+/m1/s1. The second-order valence-corrected chi connectivity index (χ2v) is 17.6. The van der Waals surface area contributed by atoms with E-state index in [4.69, 9.17) is 19.4 Å². The van der Waals surface area contributed by atoms with Crippen LogP contribution in [-0.4, -0.2) is 93.1 Å². The summed E-state index contributed by atoms with van der Waals surface area (Å²) in [6.45, 7) is 11.0. The second-order valence-electron chi connectivity index (χ2n) is 17.6. The summed E-state index contributed by atoms with van der Waals surface area (Å²) in [5.74, 6) is 0.927. The molecular formula is C49H59N9O6. The number of nitrogens with one attached hydrogen (secondary N) is 4. The summed E-state index contributed by atoms with van der Waals surface area (Å²) in [5.41, 5.74) is 5.81. The first-order chi connectivity index (χ1) is 30.8. The van der Waals surface area contributed by atoms with E-state index in [0.29, 0.717) is 24.7 Å². The highest BCUT2D eigenvalue weighted by atomic mass is 16.5. The van der Waals surface area contributed by atoms with E-state index in [9.17, 15) is 24.4 Å². The molecular weight excluding hydrogens is 811 g/mol. The fraction of sp³-hybridized carbons (Fsp3) is 0.449. The lowest BCUT2D eigenvalue weighted by atomic mass is 9.94. The van der Waals surface area contributed by atoms with Crippen LogP contribution in [0.4, 0.5) is 9.59 Å². The molecule has 3 aromatic carbocycles. The molecule has 336 valence electrons. The number of likely N-dealkylation sites (N-methyl/N-ethyl adjacent to an activating group) is 1. The zero-order chi connectivity index (χ0) is 45.7. The molecule has 3 heterocycles. The monoisotopic (exact) mass is 869 g/mol. The molecule has 0 unspecified atom stereocenters. The van der Waals surface area contributed by atoms with Crippen molar-refractivity contribution in [3.05, 3.63) is 84.7 Å². The van der Waals surface area contributed by atoms with E-state index in [2.05, 4.69) is 101 Å². The van der Waals surface area contributed by atoms with Crippen molar-refractivity contribution in [3.63, 3.8) is 0 Å². The number of methoxy groups -OCH3 is 2. The Morgan fingerprint density at radius 1 is 0.859 bits per heavy atom. The van der Waals surface area contributed by atoms with Crippen molar-refractivity contribution in [1.29, 1.82) is 5.26 Å². The van der Waals surface area contributed by atoms with E-state index in [1.54, 1.807) is 4.90 Å². The van der Waals surface area contributed by atoms with Gasteiger partial charge in [-0.3, -0.25) is 9.59 Å². The van der Waals surface area contributed by atoms with Gasteiger partial charge in [0.1, 0.15) is 23.7 Å². The van der Waals surface area contributed by atoms with Crippen LogP contribution < -0.4 is 10.6 Å². The van der Waals surface area contributed by atoms with Crippen LogP contribution in [-0.2, 0) is 19.1 Å². The van der Waals surface area contributed by atoms with Crippen molar-refractivity contribution in [2.45, 2.75) is 97.3 Å². The van der Waals surface area contributed by atoms with Gasteiger partial charge in [-0.05, 0) is 89.5 Å². The molecule has 15 nitrogen and oxygen atoms in total. The van der Waals surface area contributed by atoms with Gasteiger partial charge in [-0.15, -0.1) is 0 Å². The number of likely N-dealkylation sites (tertiary alicyclic amines) is 1. The van der Waals surface area contributed by atoms with Gasteiger partial charge in [0.05, 0.1) is 56.2 Å². The SMILES string of the molecule is CC[C@@H](C)[C@@H](c1ncc(-c2ccc(-c3ccc4cc(-c5cnc([C@@H]6CC7(CC7)CN6C(=O)[C@H](CCC#N)NC(=O)OC)[nH]5)ccc4c3)cc2)[nH]1)N(CC)C(=O)[C@@H](NC(=O)OC)C(C)C. The number of nitriles is 1. The molecule has 1 spiro atoms. The van der Waals surface area contributed by atoms with Crippen LogP contribution in [0.5, 0.6) is 0 Å². The third kappa shape index (κ3) is 9.61. The Kier molecular flexibility index (Phi) is 13.7. The molecule has 0 radical (unpaired) electrons. The second kappa shape index (κ2) is 19.4. The van der Waals surface area contributed by atoms with Crippen molar-refractivity contribution >= 4 is 34.8 Å². The molecule has 5 atom stereocenters. The minimum atomic E-state index is -0.862. The summed E-state index contributed by atoms with van der Waals surface area (Å²) >= 11 is 0. The van der Waals surface area contributed by atoms with Crippen LogP contribution in [0.3, 0.4) is 0 Å². The lowest BCUT2D eigenvalue weighted by molar-refractivity contribution is -0.138. The molecule has 64 heavy (non-hydrogen) atoms. The first kappa shape index (κ1) is 45.3. The topological polar surface area (TPSA) is 198 Å². The Hall–Kier alpha value is -6.69. The Labute approximate surface area is 374 Å². The van der Waals surface area contributed by atoms with Gasteiger partial charge in [0.15, 0.2) is 0 Å². The highest BCUT2D eigenvalue weighted by molar-refractivity contribution is 5.91. The van der Waals surface area contributed by atoms with Gasteiger partial charge in [0.25, 0.3) is 0 Å². The molecule has 1 saturated carbocycles. The number of rotatable bonds is 16. The smallest absolute Gasteiger partial charge is 0.407 e. The van der Waals surface area contributed by atoms with E-state index < -0.39 is 24.3 Å². The number of amides is 4. The highest BCUT2D eigenvalue weighted by Gasteiger charge is 2.55. The van der Waals surface area contributed by atoms with E-state index in [1.165, 1.54) is 14.2 Å². The summed E-state index contributed by atoms with van der Waals surface area (Å²) < 4.78 is 9.59. The fourth-order valence-electron chi connectivity index (χ4n) is 8.98. The van der Waals surface area contributed by atoms with Crippen LogP contribution in [0, 0.1) is 28.6 Å². The van der Waals surface area contributed by atoms with Gasteiger partial charge in [-0.2, -0.15) is 5.26 Å². The molecule has 15 heteroatoms. The third-order valence-electron chi connectivity index (χ3n) is 13.1.